The minimum absolute atomic E-state index is 0.0102. The number of para-hydroxylation sites is 2. The van der Waals surface area contributed by atoms with Crippen LogP contribution in [-0.2, 0) is 6.42 Å². The van der Waals surface area contributed by atoms with Gasteiger partial charge in [-0.05, 0) is 64.2 Å². The molecule has 0 amide bonds. The summed E-state index contributed by atoms with van der Waals surface area (Å²) in [4.78, 5) is 15.3. The molecule has 0 saturated heterocycles. The van der Waals surface area contributed by atoms with E-state index in [1.165, 1.54) is 44.1 Å². The zero-order valence-corrected chi connectivity index (χ0v) is 17.9. The highest BCUT2D eigenvalue weighted by molar-refractivity contribution is 6.11. The quantitative estimate of drug-likeness (QED) is 0.329. The highest BCUT2D eigenvalue weighted by Crippen LogP contribution is 2.43. The Hall–Kier alpha value is -4.37. The normalized spacial score (nSPS) is 12.2. The number of hydrogen-bond donors (Lipinski definition) is 1. The molecule has 0 spiro atoms. The number of fused-ring (bicyclic) bond motifs is 6. The predicted molar refractivity (Wildman–Crippen MR) is 135 cm³/mol. The summed E-state index contributed by atoms with van der Waals surface area (Å²) in [5.41, 5.74) is 10.2. The van der Waals surface area contributed by atoms with E-state index in [-0.39, 0.29) is 5.56 Å². The molecule has 33 heavy (non-hydrogen) atoms. The fraction of sp³-hybridized carbons (Fsp3) is 0.0333. The van der Waals surface area contributed by atoms with E-state index >= 15 is 0 Å². The highest BCUT2D eigenvalue weighted by Gasteiger charge is 2.24. The molecule has 0 bridgehead atoms. The average Bonchev–Trinajstić information content (AvgIpc) is 3.41. The van der Waals surface area contributed by atoms with E-state index in [2.05, 4.69) is 94.5 Å². The first-order chi connectivity index (χ1) is 16.3. The Morgan fingerprint density at radius 1 is 0.697 bits per heavy atom. The predicted octanol–water partition coefficient (Wildman–Crippen LogP) is 6.71. The monoisotopic (exact) mass is 424 g/mol. The van der Waals surface area contributed by atoms with Crippen LogP contribution in [0.15, 0.2) is 108 Å². The van der Waals surface area contributed by atoms with Gasteiger partial charge in [0.15, 0.2) is 0 Å². The largest absolute Gasteiger partial charge is 0.329 e. The number of aromatic amines is 1. The summed E-state index contributed by atoms with van der Waals surface area (Å²) in [5.74, 6) is 0. The standard InChI is InChI=1S/C30H20N2O/c33-30-26-18-20-7-6-11-22(29(20)24(26)15-16-31-30)19-13-14-28-25(17-19)23-10-4-5-12-27(23)32(28)21-8-2-1-3-9-21/h1-17H,18H2,(H,31,33). The molecule has 1 aliphatic carbocycles. The highest BCUT2D eigenvalue weighted by atomic mass is 16.1. The first-order valence-electron chi connectivity index (χ1n) is 11.2. The molecule has 0 saturated carbocycles. The maximum absolute atomic E-state index is 12.4. The zero-order chi connectivity index (χ0) is 21.9. The van der Waals surface area contributed by atoms with Crippen molar-refractivity contribution in [2.75, 3.05) is 0 Å². The van der Waals surface area contributed by atoms with E-state index in [0.29, 0.717) is 6.42 Å². The summed E-state index contributed by atoms with van der Waals surface area (Å²) in [6.45, 7) is 0. The summed E-state index contributed by atoms with van der Waals surface area (Å²) >= 11 is 0. The van der Waals surface area contributed by atoms with Gasteiger partial charge in [0.1, 0.15) is 0 Å². The summed E-state index contributed by atoms with van der Waals surface area (Å²) < 4.78 is 2.33. The number of benzene rings is 4. The third-order valence-corrected chi connectivity index (χ3v) is 6.85. The number of pyridine rings is 1. The Morgan fingerprint density at radius 2 is 1.52 bits per heavy atom. The number of H-pyrrole nitrogens is 1. The molecular formula is C30H20N2O. The van der Waals surface area contributed by atoms with Crippen molar-refractivity contribution < 1.29 is 0 Å². The number of aromatic nitrogens is 2. The third-order valence-electron chi connectivity index (χ3n) is 6.85. The van der Waals surface area contributed by atoms with E-state index in [1.54, 1.807) is 6.20 Å². The second-order valence-electron chi connectivity index (χ2n) is 8.64. The van der Waals surface area contributed by atoms with Gasteiger partial charge >= 0.3 is 0 Å². The van der Waals surface area contributed by atoms with Crippen molar-refractivity contribution in [2.24, 2.45) is 0 Å². The summed E-state index contributed by atoms with van der Waals surface area (Å²) in [7, 11) is 0. The van der Waals surface area contributed by atoms with E-state index in [9.17, 15) is 4.79 Å². The molecule has 0 radical (unpaired) electrons. The smallest absolute Gasteiger partial charge is 0.252 e. The summed E-state index contributed by atoms with van der Waals surface area (Å²) in [5, 5.41) is 2.47. The Bertz CT molecular complexity index is 1760. The van der Waals surface area contributed by atoms with Gasteiger partial charge in [0, 0.05) is 34.6 Å². The molecule has 6 aromatic rings. The van der Waals surface area contributed by atoms with Gasteiger partial charge in [0.25, 0.3) is 5.56 Å². The van der Waals surface area contributed by atoms with Crippen molar-refractivity contribution in [1.82, 2.24) is 9.55 Å². The lowest BCUT2D eigenvalue weighted by atomic mass is 9.93. The van der Waals surface area contributed by atoms with Gasteiger partial charge in [-0.15, -0.1) is 0 Å². The van der Waals surface area contributed by atoms with Crippen LogP contribution < -0.4 is 5.56 Å². The fourth-order valence-corrected chi connectivity index (χ4v) is 5.41. The van der Waals surface area contributed by atoms with Crippen LogP contribution in [0, 0.1) is 0 Å². The van der Waals surface area contributed by atoms with Crippen LogP contribution in [0.5, 0.6) is 0 Å². The van der Waals surface area contributed by atoms with Crippen LogP contribution in [-0.4, -0.2) is 9.55 Å². The van der Waals surface area contributed by atoms with Crippen molar-refractivity contribution in [2.45, 2.75) is 6.42 Å². The molecule has 2 heterocycles. The van der Waals surface area contributed by atoms with Gasteiger partial charge in [-0.25, -0.2) is 0 Å². The lowest BCUT2D eigenvalue weighted by Crippen LogP contribution is -2.09. The van der Waals surface area contributed by atoms with Crippen LogP contribution >= 0.6 is 0 Å². The molecule has 0 fully saturated rings. The fourth-order valence-electron chi connectivity index (χ4n) is 5.41. The van der Waals surface area contributed by atoms with E-state index in [1.807, 2.05) is 12.1 Å². The third kappa shape index (κ3) is 2.60. The van der Waals surface area contributed by atoms with Gasteiger partial charge in [0.2, 0.25) is 0 Å². The van der Waals surface area contributed by atoms with Crippen molar-refractivity contribution >= 4 is 21.8 Å². The van der Waals surface area contributed by atoms with Crippen LogP contribution in [0.2, 0.25) is 0 Å². The SMILES string of the molecule is O=c1[nH]ccc2c1Cc1cccc(-c3ccc4c(c3)c3ccccc3n4-c3ccccc3)c1-2. The molecule has 1 N–H and O–H groups in total. The van der Waals surface area contributed by atoms with Crippen molar-refractivity contribution in [3.05, 3.63) is 125 Å². The molecule has 3 heteroatoms. The lowest BCUT2D eigenvalue weighted by Gasteiger charge is -2.11. The topological polar surface area (TPSA) is 37.8 Å². The second-order valence-corrected chi connectivity index (χ2v) is 8.64. The number of nitrogens with one attached hydrogen (secondary N) is 1. The first-order valence-corrected chi connectivity index (χ1v) is 11.2. The molecule has 156 valence electrons. The Balaban J connectivity index is 1.51. The van der Waals surface area contributed by atoms with Gasteiger partial charge in [-0.2, -0.15) is 0 Å². The molecule has 4 aromatic carbocycles. The minimum atomic E-state index is 0.0102. The molecule has 2 aromatic heterocycles. The second kappa shape index (κ2) is 6.81. The van der Waals surface area contributed by atoms with E-state index in [0.717, 1.165) is 16.8 Å². The van der Waals surface area contributed by atoms with Gasteiger partial charge < -0.3 is 9.55 Å². The van der Waals surface area contributed by atoms with E-state index in [4.69, 9.17) is 0 Å². The molecule has 0 aliphatic heterocycles. The zero-order valence-electron chi connectivity index (χ0n) is 17.9. The molecule has 7 rings (SSSR count). The Kier molecular flexibility index (Phi) is 3.76. The Morgan fingerprint density at radius 3 is 2.42 bits per heavy atom. The number of hydrogen-bond acceptors (Lipinski definition) is 1. The number of rotatable bonds is 2. The molecule has 0 atom stereocenters. The molecule has 1 aliphatic rings. The molecule has 3 nitrogen and oxygen atoms in total. The van der Waals surface area contributed by atoms with Crippen molar-refractivity contribution in [3.8, 4) is 27.9 Å². The Labute approximate surface area is 190 Å². The lowest BCUT2D eigenvalue weighted by molar-refractivity contribution is 1.14. The van der Waals surface area contributed by atoms with Gasteiger partial charge in [0.05, 0.1) is 11.0 Å². The molecule has 0 unspecified atom stereocenters. The summed E-state index contributed by atoms with van der Waals surface area (Å²) in [6.07, 6.45) is 2.44. The number of nitrogens with zero attached hydrogens (tertiary/aromatic N) is 1. The minimum Gasteiger partial charge on any atom is -0.329 e. The van der Waals surface area contributed by atoms with Crippen LogP contribution in [0.3, 0.4) is 0 Å². The maximum Gasteiger partial charge on any atom is 0.252 e. The maximum atomic E-state index is 12.4. The van der Waals surface area contributed by atoms with Crippen LogP contribution in [0.4, 0.5) is 0 Å². The summed E-state index contributed by atoms with van der Waals surface area (Å²) in [6, 6.07) is 34.3. The van der Waals surface area contributed by atoms with E-state index < -0.39 is 0 Å². The molecular weight excluding hydrogens is 404 g/mol. The average molecular weight is 425 g/mol. The van der Waals surface area contributed by atoms with Crippen molar-refractivity contribution in [3.63, 3.8) is 0 Å². The van der Waals surface area contributed by atoms with Crippen molar-refractivity contribution in [1.29, 1.82) is 0 Å². The van der Waals surface area contributed by atoms with Crippen LogP contribution in [0.1, 0.15) is 11.1 Å². The van der Waals surface area contributed by atoms with Gasteiger partial charge in [-0.3, -0.25) is 4.79 Å². The van der Waals surface area contributed by atoms with Crippen LogP contribution in [0.25, 0.3) is 49.7 Å². The van der Waals surface area contributed by atoms with Gasteiger partial charge in [-0.1, -0.05) is 60.7 Å². The first kappa shape index (κ1) is 18.2.